The van der Waals surface area contributed by atoms with Gasteiger partial charge >= 0.3 is 0 Å². The van der Waals surface area contributed by atoms with Crippen LogP contribution in [0.4, 0.5) is 0 Å². The number of hydrogen-bond donors (Lipinski definition) is 1. The number of aliphatic hydroxyl groups is 1. The second kappa shape index (κ2) is 4.63. The van der Waals surface area contributed by atoms with Crippen LogP contribution in [0.15, 0.2) is 0 Å². The molecule has 0 spiro atoms. The monoisotopic (exact) mass is 226 g/mol. The van der Waals surface area contributed by atoms with Crippen LogP contribution in [0, 0.1) is 0 Å². The molecule has 0 aromatic rings. The van der Waals surface area contributed by atoms with Gasteiger partial charge in [-0.2, -0.15) is 0 Å². The van der Waals surface area contributed by atoms with Gasteiger partial charge in [0.2, 0.25) is 0 Å². The van der Waals surface area contributed by atoms with E-state index in [1.807, 2.05) is 0 Å². The van der Waals surface area contributed by atoms with Gasteiger partial charge in [0, 0.05) is 31.7 Å². The molecule has 2 rings (SSSR count). The van der Waals surface area contributed by atoms with E-state index < -0.39 is 0 Å². The Kier molecular flexibility index (Phi) is 3.57. The van der Waals surface area contributed by atoms with Gasteiger partial charge in [-0.1, -0.05) is 12.8 Å². The minimum Gasteiger partial charge on any atom is -0.389 e. The Hall–Kier alpha value is -0.120. The number of hydrogen-bond acceptors (Lipinski definition) is 3. The smallest absolute Gasteiger partial charge is 0.0774 e. The summed E-state index contributed by atoms with van der Waals surface area (Å²) >= 11 is 0. The Morgan fingerprint density at radius 3 is 2.12 bits per heavy atom. The Morgan fingerprint density at radius 1 is 1.12 bits per heavy atom. The van der Waals surface area contributed by atoms with Crippen LogP contribution in [-0.2, 0) is 0 Å². The van der Waals surface area contributed by atoms with Crippen molar-refractivity contribution in [1.29, 1.82) is 0 Å². The predicted molar refractivity (Wildman–Crippen MR) is 66.5 cm³/mol. The van der Waals surface area contributed by atoms with E-state index in [0.717, 1.165) is 32.5 Å². The van der Waals surface area contributed by atoms with E-state index in [-0.39, 0.29) is 5.60 Å². The number of β-amino-alcohol motifs (C(OH)–C–C–N with tert-alkyl or cyclic N) is 1. The molecule has 16 heavy (non-hydrogen) atoms. The van der Waals surface area contributed by atoms with Gasteiger partial charge in [0.1, 0.15) is 0 Å². The highest BCUT2D eigenvalue weighted by atomic mass is 16.3. The molecule has 94 valence electrons. The van der Waals surface area contributed by atoms with Crippen LogP contribution in [-0.4, -0.2) is 59.3 Å². The van der Waals surface area contributed by atoms with Gasteiger partial charge in [0.15, 0.2) is 0 Å². The molecule has 1 aliphatic carbocycles. The number of likely N-dealkylation sites (N-methyl/N-ethyl adjacent to an activating group) is 1. The highest BCUT2D eigenvalue weighted by molar-refractivity contribution is 4.91. The largest absolute Gasteiger partial charge is 0.389 e. The highest BCUT2D eigenvalue weighted by Gasteiger charge is 2.36. The first-order valence-corrected chi connectivity index (χ1v) is 6.67. The Morgan fingerprint density at radius 2 is 1.62 bits per heavy atom. The summed E-state index contributed by atoms with van der Waals surface area (Å²) < 4.78 is 0. The lowest BCUT2D eigenvalue weighted by molar-refractivity contribution is -0.0234. The fourth-order valence-corrected chi connectivity index (χ4v) is 3.25. The normalized spacial score (nSPS) is 36.8. The van der Waals surface area contributed by atoms with Crippen LogP contribution >= 0.6 is 0 Å². The lowest BCUT2D eigenvalue weighted by Gasteiger charge is -2.44. The minimum atomic E-state index is -0.380. The molecule has 0 aromatic heterocycles. The molecular weight excluding hydrogens is 200 g/mol. The minimum absolute atomic E-state index is 0.380. The number of rotatable bonds is 2. The van der Waals surface area contributed by atoms with Crippen molar-refractivity contribution in [2.75, 3.05) is 26.7 Å². The van der Waals surface area contributed by atoms with Gasteiger partial charge in [-0.3, -0.25) is 9.80 Å². The summed E-state index contributed by atoms with van der Waals surface area (Å²) in [5.41, 5.74) is -0.380. The second-order valence-corrected chi connectivity index (χ2v) is 5.99. The molecule has 0 bridgehead atoms. The molecule has 0 amide bonds. The first kappa shape index (κ1) is 12.3. The third kappa shape index (κ3) is 2.58. The predicted octanol–water partition coefficient (Wildman–Crippen LogP) is 1.32. The van der Waals surface area contributed by atoms with Gasteiger partial charge < -0.3 is 5.11 Å². The molecule has 1 N–H and O–H groups in total. The molecule has 1 saturated heterocycles. The van der Waals surface area contributed by atoms with Crippen molar-refractivity contribution in [2.45, 2.75) is 57.2 Å². The van der Waals surface area contributed by atoms with E-state index in [9.17, 15) is 5.11 Å². The quantitative estimate of drug-likeness (QED) is 0.769. The van der Waals surface area contributed by atoms with E-state index >= 15 is 0 Å². The Bertz CT molecular complexity index is 226. The zero-order chi connectivity index (χ0) is 11.8. The SMILES string of the molecule is CC1CN(CC2(O)CCCC2)CC(C)N1C. The lowest BCUT2D eigenvalue weighted by atomic mass is 9.99. The lowest BCUT2D eigenvalue weighted by Crippen LogP contribution is -2.57. The third-order valence-corrected chi connectivity index (χ3v) is 4.49. The van der Waals surface area contributed by atoms with Crippen LogP contribution in [0.5, 0.6) is 0 Å². The number of piperazine rings is 1. The van der Waals surface area contributed by atoms with Crippen molar-refractivity contribution < 1.29 is 5.11 Å². The summed E-state index contributed by atoms with van der Waals surface area (Å²) in [7, 11) is 2.21. The summed E-state index contributed by atoms with van der Waals surface area (Å²) in [4.78, 5) is 4.90. The van der Waals surface area contributed by atoms with E-state index in [1.165, 1.54) is 12.8 Å². The van der Waals surface area contributed by atoms with Crippen LogP contribution in [0.3, 0.4) is 0 Å². The van der Waals surface area contributed by atoms with Gasteiger partial charge in [0.05, 0.1) is 5.60 Å². The van der Waals surface area contributed by atoms with E-state index in [2.05, 4.69) is 30.7 Å². The zero-order valence-electron chi connectivity index (χ0n) is 10.9. The fourth-order valence-electron chi connectivity index (χ4n) is 3.25. The van der Waals surface area contributed by atoms with Crippen molar-refractivity contribution in [3.63, 3.8) is 0 Å². The van der Waals surface area contributed by atoms with E-state index in [1.54, 1.807) is 0 Å². The second-order valence-electron chi connectivity index (χ2n) is 5.99. The van der Waals surface area contributed by atoms with Gasteiger partial charge in [-0.25, -0.2) is 0 Å². The topological polar surface area (TPSA) is 26.7 Å². The summed E-state index contributed by atoms with van der Waals surface area (Å²) in [6.07, 6.45) is 4.41. The average molecular weight is 226 g/mol. The molecule has 0 aromatic carbocycles. The molecule has 1 heterocycles. The van der Waals surface area contributed by atoms with Crippen molar-refractivity contribution in [2.24, 2.45) is 0 Å². The van der Waals surface area contributed by atoms with Crippen LogP contribution in [0.2, 0.25) is 0 Å². The molecule has 0 radical (unpaired) electrons. The Balaban J connectivity index is 1.91. The highest BCUT2D eigenvalue weighted by Crippen LogP contribution is 2.31. The summed E-state index contributed by atoms with van der Waals surface area (Å²) in [5, 5.41) is 10.4. The standard InChI is InChI=1S/C13H26N2O/c1-11-8-15(9-12(2)14(11)3)10-13(16)6-4-5-7-13/h11-12,16H,4-10H2,1-3H3. The molecule has 2 atom stereocenters. The molecule has 2 aliphatic rings. The van der Waals surface area contributed by atoms with Gasteiger partial charge in [0.25, 0.3) is 0 Å². The molecular formula is C13H26N2O. The van der Waals surface area contributed by atoms with Crippen LogP contribution < -0.4 is 0 Å². The van der Waals surface area contributed by atoms with Crippen molar-refractivity contribution >= 4 is 0 Å². The van der Waals surface area contributed by atoms with Crippen LogP contribution in [0.1, 0.15) is 39.5 Å². The first-order valence-electron chi connectivity index (χ1n) is 6.67. The molecule has 3 nitrogen and oxygen atoms in total. The fraction of sp³-hybridized carbons (Fsp3) is 1.00. The molecule has 2 unspecified atom stereocenters. The number of nitrogens with zero attached hydrogens (tertiary/aromatic N) is 2. The van der Waals surface area contributed by atoms with E-state index in [4.69, 9.17) is 0 Å². The van der Waals surface area contributed by atoms with Crippen molar-refractivity contribution in [1.82, 2.24) is 9.80 Å². The first-order chi connectivity index (χ1) is 7.50. The maximum atomic E-state index is 10.4. The van der Waals surface area contributed by atoms with Crippen molar-refractivity contribution in [3.8, 4) is 0 Å². The molecule has 3 heteroatoms. The summed E-state index contributed by atoms with van der Waals surface area (Å²) in [6, 6.07) is 1.21. The molecule has 1 aliphatic heterocycles. The zero-order valence-corrected chi connectivity index (χ0v) is 10.9. The average Bonchev–Trinajstić information content (AvgIpc) is 2.61. The Labute approximate surface area is 99.4 Å². The van der Waals surface area contributed by atoms with Crippen LogP contribution in [0.25, 0.3) is 0 Å². The molecule has 1 saturated carbocycles. The van der Waals surface area contributed by atoms with Crippen molar-refractivity contribution in [3.05, 3.63) is 0 Å². The summed E-state index contributed by atoms with van der Waals surface area (Å²) in [5.74, 6) is 0. The summed E-state index contributed by atoms with van der Waals surface area (Å²) in [6.45, 7) is 7.64. The van der Waals surface area contributed by atoms with Gasteiger partial charge in [-0.05, 0) is 33.7 Å². The van der Waals surface area contributed by atoms with Gasteiger partial charge in [-0.15, -0.1) is 0 Å². The maximum absolute atomic E-state index is 10.4. The molecule has 2 fully saturated rings. The third-order valence-electron chi connectivity index (χ3n) is 4.49. The maximum Gasteiger partial charge on any atom is 0.0774 e. The van der Waals surface area contributed by atoms with E-state index in [0.29, 0.717) is 12.1 Å².